The average molecular weight is 507 g/mol. The van der Waals surface area contributed by atoms with Crippen LogP contribution in [0.1, 0.15) is 39.9 Å². The maximum absolute atomic E-state index is 12.9. The van der Waals surface area contributed by atoms with E-state index in [4.69, 9.17) is 0 Å². The quantitative estimate of drug-likeness (QED) is 0.292. The highest BCUT2D eigenvalue weighted by Gasteiger charge is 2.15. The highest BCUT2D eigenvalue weighted by molar-refractivity contribution is 6.04. The number of carbonyl (C=O) groups is 1. The van der Waals surface area contributed by atoms with Crippen LogP contribution >= 0.6 is 0 Å². The Morgan fingerprint density at radius 2 is 1.79 bits per heavy atom. The average Bonchev–Trinajstić information content (AvgIpc) is 3.68. The van der Waals surface area contributed by atoms with Crippen molar-refractivity contribution >= 4 is 22.5 Å². The van der Waals surface area contributed by atoms with Crippen LogP contribution < -0.4 is 10.9 Å². The predicted octanol–water partition coefficient (Wildman–Crippen LogP) is 4.92. The second kappa shape index (κ2) is 10.1. The Morgan fingerprint density at radius 1 is 1.00 bits per heavy atom. The van der Waals surface area contributed by atoms with Gasteiger partial charge in [-0.25, -0.2) is 0 Å². The molecule has 1 fully saturated rings. The normalized spacial score (nSPS) is 13.8. The number of aromatic amines is 2. The number of H-pyrrole nitrogens is 2. The Kier molecular flexibility index (Phi) is 6.39. The summed E-state index contributed by atoms with van der Waals surface area (Å²) in [6, 6.07) is 18.3. The second-order valence-electron chi connectivity index (χ2n) is 10.1. The molecule has 192 valence electrons. The summed E-state index contributed by atoms with van der Waals surface area (Å²) in [5.74, 6) is -0.290. The van der Waals surface area contributed by atoms with Gasteiger partial charge in [0.05, 0.1) is 35.2 Å². The van der Waals surface area contributed by atoms with Crippen LogP contribution in [-0.4, -0.2) is 43.6 Å². The molecule has 0 unspecified atom stereocenters. The van der Waals surface area contributed by atoms with Gasteiger partial charge in [0.2, 0.25) is 0 Å². The van der Waals surface area contributed by atoms with Crippen LogP contribution in [0, 0.1) is 6.92 Å². The second-order valence-corrected chi connectivity index (χ2v) is 10.1. The number of benzene rings is 2. The topological polar surface area (TPSA) is 98.8 Å². The molecular weight excluding hydrogens is 476 g/mol. The summed E-state index contributed by atoms with van der Waals surface area (Å²) in [6.45, 7) is 5.87. The van der Waals surface area contributed by atoms with Gasteiger partial charge in [0.1, 0.15) is 0 Å². The number of hydrogen-bond acceptors (Lipinski definition) is 4. The molecule has 4 heterocycles. The molecule has 0 bridgehead atoms. The molecule has 1 aliphatic heterocycles. The third-order valence-corrected chi connectivity index (χ3v) is 7.10. The van der Waals surface area contributed by atoms with Gasteiger partial charge in [-0.1, -0.05) is 35.9 Å². The van der Waals surface area contributed by atoms with Gasteiger partial charge in [0.25, 0.3) is 11.5 Å². The lowest BCUT2D eigenvalue weighted by Gasteiger charge is -2.14. The maximum Gasteiger partial charge on any atom is 0.258 e. The van der Waals surface area contributed by atoms with Crippen LogP contribution in [-0.2, 0) is 13.1 Å². The van der Waals surface area contributed by atoms with Crippen molar-refractivity contribution in [2.45, 2.75) is 32.9 Å². The summed E-state index contributed by atoms with van der Waals surface area (Å²) in [5, 5.41) is 8.27. The zero-order chi connectivity index (χ0) is 26.1. The van der Waals surface area contributed by atoms with E-state index >= 15 is 0 Å². The summed E-state index contributed by atoms with van der Waals surface area (Å²) in [4.78, 5) is 34.2. The number of rotatable bonds is 7. The minimum absolute atomic E-state index is 0.224. The fraction of sp³-hybridized carbons (Fsp3) is 0.233. The van der Waals surface area contributed by atoms with Gasteiger partial charge in [-0.05, 0) is 68.2 Å². The molecule has 3 aromatic heterocycles. The summed E-state index contributed by atoms with van der Waals surface area (Å²) in [7, 11) is 0. The molecule has 8 nitrogen and oxygen atoms in total. The Bertz CT molecular complexity index is 1650. The van der Waals surface area contributed by atoms with E-state index in [2.05, 4.69) is 67.7 Å². The van der Waals surface area contributed by atoms with Crippen LogP contribution in [0.5, 0.6) is 0 Å². The highest BCUT2D eigenvalue weighted by Crippen LogP contribution is 2.25. The van der Waals surface area contributed by atoms with E-state index in [1.807, 2.05) is 13.0 Å². The van der Waals surface area contributed by atoms with E-state index in [0.717, 1.165) is 36.1 Å². The van der Waals surface area contributed by atoms with E-state index < -0.39 is 0 Å². The van der Waals surface area contributed by atoms with Gasteiger partial charge in [-0.3, -0.25) is 19.2 Å². The van der Waals surface area contributed by atoms with Crippen LogP contribution in [0.25, 0.3) is 22.2 Å². The minimum atomic E-state index is -0.290. The molecule has 0 atom stereocenters. The van der Waals surface area contributed by atoms with E-state index in [1.54, 1.807) is 23.1 Å². The molecule has 5 aromatic rings. The molecule has 0 saturated carbocycles. The van der Waals surface area contributed by atoms with Crippen LogP contribution in [0.4, 0.5) is 5.69 Å². The third-order valence-electron chi connectivity index (χ3n) is 7.10. The molecule has 0 aliphatic carbocycles. The lowest BCUT2D eigenvalue weighted by Crippen LogP contribution is -2.18. The van der Waals surface area contributed by atoms with Crippen molar-refractivity contribution < 1.29 is 4.79 Å². The monoisotopic (exact) mass is 506 g/mol. The number of amides is 1. The van der Waals surface area contributed by atoms with Crippen molar-refractivity contribution in [1.82, 2.24) is 24.6 Å². The number of anilines is 1. The number of hydrogen-bond donors (Lipinski definition) is 3. The Hall–Kier alpha value is -4.43. The van der Waals surface area contributed by atoms with Crippen LogP contribution in [0.15, 0.2) is 78.0 Å². The molecule has 1 saturated heterocycles. The zero-order valence-corrected chi connectivity index (χ0v) is 21.3. The third kappa shape index (κ3) is 5.17. The van der Waals surface area contributed by atoms with Crippen molar-refractivity contribution in [3.63, 3.8) is 0 Å². The first-order chi connectivity index (χ1) is 18.5. The van der Waals surface area contributed by atoms with Crippen molar-refractivity contribution in [3.05, 3.63) is 106 Å². The first-order valence-corrected chi connectivity index (χ1v) is 13.0. The first kappa shape index (κ1) is 23.9. The largest absolute Gasteiger partial charge is 0.354 e. The van der Waals surface area contributed by atoms with Gasteiger partial charge in [-0.15, -0.1) is 0 Å². The number of nitrogens with one attached hydrogen (secondary N) is 3. The smallest absolute Gasteiger partial charge is 0.258 e. The molecule has 3 N–H and O–H groups in total. The van der Waals surface area contributed by atoms with Crippen molar-refractivity contribution in [3.8, 4) is 11.3 Å². The van der Waals surface area contributed by atoms with Crippen molar-refractivity contribution in [2.75, 3.05) is 18.4 Å². The Balaban J connectivity index is 1.18. The number of aryl methyl sites for hydroxylation is 1. The van der Waals surface area contributed by atoms with E-state index in [0.29, 0.717) is 29.1 Å². The number of carbonyl (C=O) groups excluding carboxylic acids is 1. The molecule has 1 aliphatic rings. The minimum Gasteiger partial charge on any atom is -0.354 e. The molecule has 0 spiro atoms. The number of fused-ring (bicyclic) bond motifs is 1. The van der Waals surface area contributed by atoms with Crippen LogP contribution in [0.2, 0.25) is 0 Å². The SMILES string of the molecule is Cc1ccc(Cn2cc(C(=O)Nc3c[nH]c(=O)c(-c4cc5cc(CN6CCCC6)ccc5[nH]4)c3)cn2)cc1. The molecule has 0 radical (unpaired) electrons. The molecule has 38 heavy (non-hydrogen) atoms. The number of aromatic nitrogens is 4. The number of nitrogens with zero attached hydrogens (tertiary/aromatic N) is 3. The summed E-state index contributed by atoms with van der Waals surface area (Å²) < 4.78 is 1.74. The maximum atomic E-state index is 12.9. The van der Waals surface area contributed by atoms with Crippen LogP contribution in [0.3, 0.4) is 0 Å². The Morgan fingerprint density at radius 3 is 2.61 bits per heavy atom. The van der Waals surface area contributed by atoms with Crippen molar-refractivity contribution in [2.24, 2.45) is 0 Å². The lowest BCUT2D eigenvalue weighted by atomic mass is 10.1. The van der Waals surface area contributed by atoms with Gasteiger partial charge >= 0.3 is 0 Å². The van der Waals surface area contributed by atoms with Gasteiger partial charge < -0.3 is 15.3 Å². The van der Waals surface area contributed by atoms with Gasteiger partial charge in [-0.2, -0.15) is 5.10 Å². The summed E-state index contributed by atoms with van der Waals surface area (Å²) in [6.07, 6.45) is 7.31. The summed E-state index contributed by atoms with van der Waals surface area (Å²) in [5.41, 5.74) is 6.45. The van der Waals surface area contributed by atoms with Gasteiger partial charge in [0, 0.05) is 29.8 Å². The van der Waals surface area contributed by atoms with Crippen molar-refractivity contribution in [1.29, 1.82) is 0 Å². The fourth-order valence-corrected chi connectivity index (χ4v) is 5.03. The highest BCUT2D eigenvalue weighted by atomic mass is 16.1. The standard InChI is InChI=1S/C30H30N6O2/c1-20-4-6-21(7-5-20)18-36-19-24(15-32-36)29(37)33-25-14-26(30(38)31-16-25)28-13-23-12-22(8-9-27(23)34-28)17-35-10-2-3-11-35/h4-9,12-16,19,34H,2-3,10-11,17-18H2,1H3,(H,31,38)(H,33,37). The molecular formula is C30H30N6O2. The molecule has 6 rings (SSSR count). The Labute approximate surface area is 220 Å². The lowest BCUT2D eigenvalue weighted by molar-refractivity contribution is 0.102. The number of pyridine rings is 1. The van der Waals surface area contributed by atoms with E-state index in [-0.39, 0.29) is 11.5 Å². The molecule has 8 heteroatoms. The fourth-order valence-electron chi connectivity index (χ4n) is 5.03. The zero-order valence-electron chi connectivity index (χ0n) is 21.3. The molecule has 2 aromatic carbocycles. The van der Waals surface area contributed by atoms with E-state index in [9.17, 15) is 9.59 Å². The summed E-state index contributed by atoms with van der Waals surface area (Å²) >= 11 is 0. The van der Waals surface area contributed by atoms with E-state index in [1.165, 1.54) is 30.2 Å². The predicted molar refractivity (Wildman–Crippen MR) is 149 cm³/mol. The molecule has 1 amide bonds. The van der Waals surface area contributed by atoms with Gasteiger partial charge in [0.15, 0.2) is 0 Å². The number of likely N-dealkylation sites (tertiary alicyclic amines) is 1. The first-order valence-electron chi connectivity index (χ1n) is 13.0.